The lowest BCUT2D eigenvalue weighted by Gasteiger charge is -2.19. The van der Waals surface area contributed by atoms with Crippen LogP contribution in [0.4, 0.5) is 5.69 Å². The molecule has 0 radical (unpaired) electrons. The van der Waals surface area contributed by atoms with Crippen molar-refractivity contribution >= 4 is 29.9 Å². The van der Waals surface area contributed by atoms with Crippen LogP contribution in [0.25, 0.3) is 0 Å². The molecule has 0 aliphatic heterocycles. The van der Waals surface area contributed by atoms with Gasteiger partial charge < -0.3 is 20.7 Å². The van der Waals surface area contributed by atoms with Crippen molar-refractivity contribution < 1.29 is 14.3 Å². The number of amides is 2. The van der Waals surface area contributed by atoms with Gasteiger partial charge in [0.15, 0.2) is 0 Å². The lowest BCUT2D eigenvalue weighted by molar-refractivity contribution is -0.118. The summed E-state index contributed by atoms with van der Waals surface area (Å²) in [5.41, 5.74) is 6.74. The molecule has 1 aromatic rings. The summed E-state index contributed by atoms with van der Waals surface area (Å²) in [6.45, 7) is 5.28. The van der Waals surface area contributed by atoms with Crippen molar-refractivity contribution in [1.82, 2.24) is 4.90 Å². The van der Waals surface area contributed by atoms with Gasteiger partial charge in [-0.1, -0.05) is 6.07 Å². The van der Waals surface area contributed by atoms with E-state index in [2.05, 4.69) is 5.32 Å². The molecule has 0 fully saturated rings. The fourth-order valence-electron chi connectivity index (χ4n) is 1.91. The average molecular weight is 330 g/mol. The molecule has 6 nitrogen and oxygen atoms in total. The number of benzene rings is 1. The molecule has 3 N–H and O–H groups in total. The van der Waals surface area contributed by atoms with Crippen molar-refractivity contribution in [3.05, 3.63) is 29.8 Å². The number of nitrogens with two attached hydrogens (primary N) is 1. The first-order chi connectivity index (χ1) is 10.0. The summed E-state index contributed by atoms with van der Waals surface area (Å²) in [4.78, 5) is 25.8. The van der Waals surface area contributed by atoms with Crippen molar-refractivity contribution in [3.8, 4) is 0 Å². The van der Waals surface area contributed by atoms with E-state index in [4.69, 9.17) is 10.5 Å². The molecule has 124 valence electrons. The van der Waals surface area contributed by atoms with E-state index < -0.39 is 6.04 Å². The van der Waals surface area contributed by atoms with Gasteiger partial charge in [-0.15, -0.1) is 12.4 Å². The van der Waals surface area contributed by atoms with E-state index in [9.17, 15) is 9.59 Å². The number of ether oxygens (including phenoxy) is 1. The predicted octanol–water partition coefficient (Wildman–Crippen LogP) is 1.50. The van der Waals surface area contributed by atoms with E-state index in [1.165, 1.54) is 7.11 Å². The summed E-state index contributed by atoms with van der Waals surface area (Å²) in [6.07, 6.45) is 0. The van der Waals surface area contributed by atoms with Gasteiger partial charge in [0.25, 0.3) is 5.91 Å². The summed E-state index contributed by atoms with van der Waals surface area (Å²) in [6, 6.07) is 6.09. The molecule has 0 aromatic heterocycles. The number of methoxy groups -OCH3 is 1. The molecule has 0 aliphatic rings. The van der Waals surface area contributed by atoms with Gasteiger partial charge in [0.1, 0.15) is 6.04 Å². The molecule has 1 rings (SSSR count). The number of rotatable bonds is 7. The Balaban J connectivity index is 0.00000441. The van der Waals surface area contributed by atoms with Crippen LogP contribution in [0, 0.1) is 0 Å². The van der Waals surface area contributed by atoms with Gasteiger partial charge in [0.05, 0.1) is 6.61 Å². The molecule has 7 heteroatoms. The minimum absolute atomic E-state index is 0. The number of nitrogens with one attached hydrogen (secondary N) is 1. The van der Waals surface area contributed by atoms with Gasteiger partial charge in [0.2, 0.25) is 5.91 Å². The SMILES string of the molecule is CCN(CC)C(=O)c1cccc(NC(=O)C(N)COC)c1.Cl. The van der Waals surface area contributed by atoms with E-state index in [1.807, 2.05) is 13.8 Å². The first-order valence-electron chi connectivity index (χ1n) is 6.98. The van der Waals surface area contributed by atoms with E-state index in [1.54, 1.807) is 29.2 Å². The maximum atomic E-state index is 12.2. The van der Waals surface area contributed by atoms with E-state index in [0.29, 0.717) is 24.3 Å². The zero-order valence-electron chi connectivity index (χ0n) is 13.2. The normalized spacial score (nSPS) is 11.3. The highest BCUT2D eigenvalue weighted by molar-refractivity contribution is 5.98. The zero-order chi connectivity index (χ0) is 15.8. The smallest absolute Gasteiger partial charge is 0.253 e. The highest BCUT2D eigenvalue weighted by atomic mass is 35.5. The van der Waals surface area contributed by atoms with Crippen LogP contribution < -0.4 is 11.1 Å². The molecule has 0 heterocycles. The van der Waals surface area contributed by atoms with Crippen molar-refractivity contribution in [2.45, 2.75) is 19.9 Å². The molecule has 0 spiro atoms. The second-order valence-electron chi connectivity index (χ2n) is 4.61. The van der Waals surface area contributed by atoms with Crippen molar-refractivity contribution in [3.63, 3.8) is 0 Å². The Labute approximate surface area is 137 Å². The Morgan fingerprint density at radius 3 is 2.50 bits per heavy atom. The summed E-state index contributed by atoms with van der Waals surface area (Å²) in [5.74, 6) is -0.401. The molecular formula is C15H24ClN3O3. The number of halogens is 1. The molecule has 1 unspecified atom stereocenters. The fourth-order valence-corrected chi connectivity index (χ4v) is 1.91. The van der Waals surface area contributed by atoms with Gasteiger partial charge in [0, 0.05) is 31.5 Å². The standard InChI is InChI=1S/C15H23N3O3.ClH/c1-4-18(5-2)15(20)11-7-6-8-12(9-11)17-14(19)13(16)10-21-3;/h6-9,13H,4-5,10,16H2,1-3H3,(H,17,19);1H. The quantitative estimate of drug-likeness (QED) is 0.794. The number of hydrogen-bond acceptors (Lipinski definition) is 4. The Hall–Kier alpha value is -1.63. The summed E-state index contributed by atoms with van der Waals surface area (Å²) in [7, 11) is 1.48. The predicted molar refractivity (Wildman–Crippen MR) is 89.4 cm³/mol. The van der Waals surface area contributed by atoms with Crippen molar-refractivity contribution in [2.24, 2.45) is 5.73 Å². The Morgan fingerprint density at radius 1 is 1.32 bits per heavy atom. The molecule has 0 bridgehead atoms. The monoisotopic (exact) mass is 329 g/mol. The van der Waals surface area contributed by atoms with Crippen LogP contribution in [0.3, 0.4) is 0 Å². The van der Waals surface area contributed by atoms with Crippen LogP contribution in [-0.4, -0.2) is 49.6 Å². The fraction of sp³-hybridized carbons (Fsp3) is 0.467. The Morgan fingerprint density at radius 2 is 1.95 bits per heavy atom. The largest absolute Gasteiger partial charge is 0.383 e. The Kier molecular flexibility index (Phi) is 9.40. The van der Waals surface area contributed by atoms with Gasteiger partial charge in [-0.3, -0.25) is 9.59 Å². The average Bonchev–Trinajstić information content (AvgIpc) is 2.48. The minimum Gasteiger partial charge on any atom is -0.383 e. The number of hydrogen-bond donors (Lipinski definition) is 2. The van der Waals surface area contributed by atoms with Gasteiger partial charge in [-0.05, 0) is 32.0 Å². The number of carbonyl (C=O) groups excluding carboxylic acids is 2. The van der Waals surface area contributed by atoms with Gasteiger partial charge in [-0.25, -0.2) is 0 Å². The van der Waals surface area contributed by atoms with Crippen LogP contribution in [0.5, 0.6) is 0 Å². The molecule has 0 saturated carbocycles. The lowest BCUT2D eigenvalue weighted by Crippen LogP contribution is -2.39. The third kappa shape index (κ3) is 5.63. The highest BCUT2D eigenvalue weighted by Gasteiger charge is 2.15. The van der Waals surface area contributed by atoms with Crippen LogP contribution in [0.15, 0.2) is 24.3 Å². The van der Waals surface area contributed by atoms with Gasteiger partial charge in [-0.2, -0.15) is 0 Å². The van der Waals surface area contributed by atoms with Crippen LogP contribution >= 0.6 is 12.4 Å². The van der Waals surface area contributed by atoms with Crippen molar-refractivity contribution in [1.29, 1.82) is 0 Å². The number of carbonyl (C=O) groups is 2. The number of nitrogens with zero attached hydrogens (tertiary/aromatic N) is 1. The lowest BCUT2D eigenvalue weighted by atomic mass is 10.1. The molecule has 2 amide bonds. The topological polar surface area (TPSA) is 84.7 Å². The molecule has 1 aromatic carbocycles. The maximum Gasteiger partial charge on any atom is 0.253 e. The van der Waals surface area contributed by atoms with E-state index >= 15 is 0 Å². The maximum absolute atomic E-state index is 12.2. The molecule has 0 saturated heterocycles. The van der Waals surface area contributed by atoms with Gasteiger partial charge >= 0.3 is 0 Å². The van der Waals surface area contributed by atoms with E-state index in [0.717, 1.165) is 0 Å². The van der Waals surface area contributed by atoms with Crippen molar-refractivity contribution in [2.75, 3.05) is 32.1 Å². The third-order valence-electron chi connectivity index (χ3n) is 3.11. The molecule has 1 atom stereocenters. The first-order valence-corrected chi connectivity index (χ1v) is 6.98. The first kappa shape index (κ1) is 20.4. The minimum atomic E-state index is -0.739. The Bertz CT molecular complexity index is 493. The molecule has 0 aliphatic carbocycles. The van der Waals surface area contributed by atoms with Crippen LogP contribution in [0.2, 0.25) is 0 Å². The molecule has 22 heavy (non-hydrogen) atoms. The van der Waals surface area contributed by atoms with E-state index in [-0.39, 0.29) is 30.8 Å². The molecular weight excluding hydrogens is 306 g/mol. The number of anilines is 1. The second-order valence-corrected chi connectivity index (χ2v) is 4.61. The summed E-state index contributed by atoms with van der Waals surface area (Å²) in [5, 5.41) is 2.68. The van der Waals surface area contributed by atoms with Crippen LogP contribution in [0.1, 0.15) is 24.2 Å². The van der Waals surface area contributed by atoms with Crippen LogP contribution in [-0.2, 0) is 9.53 Å². The zero-order valence-corrected chi connectivity index (χ0v) is 14.0. The third-order valence-corrected chi connectivity index (χ3v) is 3.11. The summed E-state index contributed by atoms with van der Waals surface area (Å²) >= 11 is 0. The summed E-state index contributed by atoms with van der Waals surface area (Å²) < 4.78 is 4.84. The highest BCUT2D eigenvalue weighted by Crippen LogP contribution is 2.13. The second kappa shape index (κ2) is 10.2.